The average molecular weight is 448 g/mol. The number of H-pyrrole nitrogens is 1. The number of aryl methyl sites for hydroxylation is 1. The molecule has 0 atom stereocenters. The summed E-state index contributed by atoms with van der Waals surface area (Å²) >= 11 is 5.31. The molecule has 2 amide bonds. The predicted molar refractivity (Wildman–Crippen MR) is 123 cm³/mol. The zero-order valence-electron chi connectivity index (χ0n) is 17.3. The lowest BCUT2D eigenvalue weighted by molar-refractivity contribution is -0.116. The Morgan fingerprint density at radius 2 is 1.88 bits per heavy atom. The maximum absolute atomic E-state index is 12.8. The van der Waals surface area contributed by atoms with Gasteiger partial charge in [-0.25, -0.2) is 0 Å². The summed E-state index contributed by atoms with van der Waals surface area (Å²) in [5.74, 6) is 0.548. The molecule has 2 aromatic carbocycles. The number of amides is 2. The molecule has 0 bridgehead atoms. The highest BCUT2D eigenvalue weighted by atomic mass is 32.1. The number of benzene rings is 2. The van der Waals surface area contributed by atoms with Crippen LogP contribution in [0.4, 0.5) is 5.69 Å². The normalized spacial score (nSPS) is 10.7. The van der Waals surface area contributed by atoms with Gasteiger partial charge in [-0.1, -0.05) is 42.0 Å². The lowest BCUT2D eigenvalue weighted by Crippen LogP contribution is -2.26. The Hall–Kier alpha value is -3.98. The average Bonchev–Trinajstić information content (AvgIpc) is 3.43. The molecular weight excluding hydrogens is 426 g/mol. The van der Waals surface area contributed by atoms with E-state index in [0.717, 1.165) is 11.1 Å². The molecule has 162 valence electrons. The van der Waals surface area contributed by atoms with E-state index in [2.05, 4.69) is 20.8 Å². The van der Waals surface area contributed by atoms with E-state index < -0.39 is 0 Å². The molecule has 0 radical (unpaired) electrons. The number of carbonyl (C=O) groups excluding carboxylic acids is 2. The van der Waals surface area contributed by atoms with Crippen molar-refractivity contribution < 1.29 is 14.0 Å². The number of anilines is 1. The fourth-order valence-corrected chi connectivity index (χ4v) is 3.38. The van der Waals surface area contributed by atoms with Crippen molar-refractivity contribution >= 4 is 29.7 Å². The molecule has 0 aliphatic heterocycles. The smallest absolute Gasteiger partial charge is 0.253 e. The van der Waals surface area contributed by atoms with Crippen molar-refractivity contribution in [3.63, 3.8) is 0 Å². The van der Waals surface area contributed by atoms with Crippen molar-refractivity contribution in [1.29, 1.82) is 0 Å². The van der Waals surface area contributed by atoms with Crippen molar-refractivity contribution in [3.8, 4) is 11.4 Å². The Kier molecular flexibility index (Phi) is 6.27. The van der Waals surface area contributed by atoms with Crippen LogP contribution in [0, 0.1) is 11.7 Å². The first-order valence-corrected chi connectivity index (χ1v) is 10.3. The first-order chi connectivity index (χ1) is 15.5. The molecule has 9 heteroatoms. The highest BCUT2D eigenvalue weighted by molar-refractivity contribution is 7.71. The highest BCUT2D eigenvalue weighted by Gasteiger charge is 2.16. The Bertz CT molecular complexity index is 1290. The molecule has 32 heavy (non-hydrogen) atoms. The monoisotopic (exact) mass is 447 g/mol. The van der Waals surface area contributed by atoms with Crippen molar-refractivity contribution in [3.05, 3.63) is 88.6 Å². The molecule has 0 saturated carbocycles. The van der Waals surface area contributed by atoms with Gasteiger partial charge in [-0.15, -0.1) is 0 Å². The number of nitrogens with one attached hydrogen (secondary N) is 3. The van der Waals surface area contributed by atoms with E-state index in [1.807, 2.05) is 31.2 Å². The summed E-state index contributed by atoms with van der Waals surface area (Å²) in [5, 5.41) is 12.6. The molecule has 8 nitrogen and oxygen atoms in total. The van der Waals surface area contributed by atoms with Gasteiger partial charge in [0.1, 0.15) is 12.3 Å². The van der Waals surface area contributed by atoms with Crippen LogP contribution in [-0.2, 0) is 17.9 Å². The van der Waals surface area contributed by atoms with E-state index in [-0.39, 0.29) is 24.9 Å². The van der Waals surface area contributed by atoms with Crippen LogP contribution in [0.1, 0.15) is 21.7 Å². The molecule has 0 aliphatic carbocycles. The Balaban J connectivity index is 1.49. The van der Waals surface area contributed by atoms with Gasteiger partial charge in [0.15, 0.2) is 10.6 Å². The van der Waals surface area contributed by atoms with Crippen molar-refractivity contribution in [2.24, 2.45) is 0 Å². The largest absolute Gasteiger partial charge is 0.467 e. The number of furan rings is 1. The van der Waals surface area contributed by atoms with Gasteiger partial charge in [0.05, 0.1) is 24.1 Å². The van der Waals surface area contributed by atoms with E-state index >= 15 is 0 Å². The van der Waals surface area contributed by atoms with Gasteiger partial charge in [0.2, 0.25) is 5.91 Å². The van der Waals surface area contributed by atoms with Crippen molar-refractivity contribution in [2.75, 3.05) is 5.32 Å². The first kappa shape index (κ1) is 21.3. The zero-order chi connectivity index (χ0) is 22.5. The SMILES string of the molecule is Cc1ccc(-c2n[nH]c(=S)n2CC(=O)Nc2ccccc2C(=O)NCc2ccco2)cc1. The van der Waals surface area contributed by atoms with Gasteiger partial charge in [0.25, 0.3) is 5.91 Å². The lowest BCUT2D eigenvalue weighted by Gasteiger charge is -2.12. The highest BCUT2D eigenvalue weighted by Crippen LogP contribution is 2.19. The number of aromatic amines is 1. The number of para-hydroxylation sites is 1. The molecule has 4 aromatic rings. The van der Waals surface area contributed by atoms with Crippen LogP contribution in [-0.4, -0.2) is 26.6 Å². The summed E-state index contributed by atoms with van der Waals surface area (Å²) < 4.78 is 7.19. The number of aromatic nitrogens is 3. The fourth-order valence-electron chi connectivity index (χ4n) is 3.19. The van der Waals surface area contributed by atoms with E-state index in [4.69, 9.17) is 16.6 Å². The van der Waals surface area contributed by atoms with Gasteiger partial charge < -0.3 is 15.1 Å². The Morgan fingerprint density at radius 1 is 1.09 bits per heavy atom. The van der Waals surface area contributed by atoms with Crippen molar-refractivity contribution in [1.82, 2.24) is 20.1 Å². The quantitative estimate of drug-likeness (QED) is 0.370. The lowest BCUT2D eigenvalue weighted by atomic mass is 10.1. The van der Waals surface area contributed by atoms with Gasteiger partial charge in [-0.05, 0) is 43.4 Å². The number of hydrogen-bond donors (Lipinski definition) is 3. The standard InChI is InChI=1S/C23H21N5O3S/c1-15-8-10-16(11-9-15)21-26-27-23(32)28(21)14-20(29)25-19-7-3-2-6-18(19)22(30)24-13-17-5-4-12-31-17/h2-12H,13-14H2,1H3,(H,24,30)(H,25,29)(H,27,32). The zero-order valence-corrected chi connectivity index (χ0v) is 18.1. The molecule has 4 rings (SSSR count). The maximum atomic E-state index is 12.8. The molecule has 2 aromatic heterocycles. The van der Waals surface area contributed by atoms with Crippen LogP contribution < -0.4 is 10.6 Å². The fraction of sp³-hybridized carbons (Fsp3) is 0.130. The number of nitrogens with zero attached hydrogens (tertiary/aromatic N) is 2. The van der Waals surface area contributed by atoms with Crippen LogP contribution >= 0.6 is 12.2 Å². The number of hydrogen-bond acceptors (Lipinski definition) is 5. The van der Waals surface area contributed by atoms with Gasteiger partial charge in [0, 0.05) is 5.56 Å². The Morgan fingerprint density at radius 3 is 2.62 bits per heavy atom. The van der Waals surface area contributed by atoms with Crippen molar-refractivity contribution in [2.45, 2.75) is 20.0 Å². The summed E-state index contributed by atoms with van der Waals surface area (Å²) in [6.45, 7) is 2.19. The number of carbonyl (C=O) groups is 2. The van der Waals surface area contributed by atoms with Crippen LogP contribution in [0.25, 0.3) is 11.4 Å². The van der Waals surface area contributed by atoms with Gasteiger partial charge in [-0.2, -0.15) is 5.10 Å². The molecule has 3 N–H and O–H groups in total. The summed E-state index contributed by atoms with van der Waals surface area (Å²) in [7, 11) is 0. The predicted octanol–water partition coefficient (Wildman–Crippen LogP) is 4.08. The second-order valence-corrected chi connectivity index (χ2v) is 7.55. The topological polar surface area (TPSA) is 105 Å². The van der Waals surface area contributed by atoms with Crippen LogP contribution in [0.5, 0.6) is 0 Å². The third-order valence-electron chi connectivity index (χ3n) is 4.82. The molecule has 0 fully saturated rings. The van der Waals surface area contributed by atoms with Crippen LogP contribution in [0.3, 0.4) is 0 Å². The molecular formula is C23H21N5O3S. The molecule has 2 heterocycles. The van der Waals surface area contributed by atoms with E-state index in [0.29, 0.717) is 27.6 Å². The molecule has 0 unspecified atom stereocenters. The third-order valence-corrected chi connectivity index (χ3v) is 5.13. The second-order valence-electron chi connectivity index (χ2n) is 7.16. The first-order valence-electron chi connectivity index (χ1n) is 9.93. The van der Waals surface area contributed by atoms with E-state index in [1.165, 1.54) is 0 Å². The summed E-state index contributed by atoms with van der Waals surface area (Å²) in [5.41, 5.74) is 2.71. The Labute approximate surface area is 189 Å². The summed E-state index contributed by atoms with van der Waals surface area (Å²) in [6.07, 6.45) is 1.54. The minimum Gasteiger partial charge on any atom is -0.467 e. The number of rotatable bonds is 7. The second kappa shape index (κ2) is 9.44. The molecule has 0 spiro atoms. The van der Waals surface area contributed by atoms with E-state index in [9.17, 15) is 9.59 Å². The van der Waals surface area contributed by atoms with Gasteiger partial charge >= 0.3 is 0 Å². The minimum absolute atomic E-state index is 0.0547. The molecule has 0 aliphatic rings. The van der Waals surface area contributed by atoms with Crippen LogP contribution in [0.15, 0.2) is 71.3 Å². The summed E-state index contributed by atoms with van der Waals surface area (Å²) in [4.78, 5) is 25.5. The summed E-state index contributed by atoms with van der Waals surface area (Å²) in [6, 6.07) is 18.1. The maximum Gasteiger partial charge on any atom is 0.253 e. The van der Waals surface area contributed by atoms with Crippen LogP contribution in [0.2, 0.25) is 0 Å². The minimum atomic E-state index is -0.331. The third kappa shape index (κ3) is 4.84. The van der Waals surface area contributed by atoms with Gasteiger partial charge in [-0.3, -0.25) is 19.3 Å². The molecule has 0 saturated heterocycles. The van der Waals surface area contributed by atoms with E-state index in [1.54, 1.807) is 47.2 Å².